The average Bonchev–Trinajstić information content (AvgIpc) is 2.81. The second-order valence-electron chi connectivity index (χ2n) is 4.69. The van der Waals surface area contributed by atoms with E-state index in [9.17, 15) is 9.90 Å². The number of likely N-dealkylation sites (N-methyl/N-ethyl adjacent to an activating group) is 2. The van der Waals surface area contributed by atoms with Gasteiger partial charge in [0.25, 0.3) is 0 Å². The summed E-state index contributed by atoms with van der Waals surface area (Å²) in [5.41, 5.74) is 1.14. The van der Waals surface area contributed by atoms with Crippen LogP contribution in [0.2, 0.25) is 0 Å². The number of ether oxygens (including phenoxy) is 1. The molecule has 0 spiro atoms. The maximum absolute atomic E-state index is 12.0. The minimum absolute atomic E-state index is 0.0401. The number of aliphatic hydroxyl groups is 1. The lowest BCUT2D eigenvalue weighted by Gasteiger charge is -2.23. The molecule has 1 aromatic heterocycles. The van der Waals surface area contributed by atoms with E-state index < -0.39 is 6.10 Å². The molecule has 1 heterocycles. The number of hydrogen-bond acceptors (Lipinski definition) is 5. The molecule has 0 aliphatic carbocycles. The summed E-state index contributed by atoms with van der Waals surface area (Å²) >= 11 is 1.63. The number of amides is 1. The van der Waals surface area contributed by atoms with E-state index in [1.807, 2.05) is 23.9 Å². The summed E-state index contributed by atoms with van der Waals surface area (Å²) in [4.78, 5) is 15.5. The third-order valence-corrected chi connectivity index (χ3v) is 3.44. The monoisotopic (exact) mass is 286 g/mol. The van der Waals surface area contributed by atoms with Crippen LogP contribution in [0.25, 0.3) is 0 Å². The molecule has 0 aliphatic heterocycles. The summed E-state index contributed by atoms with van der Waals surface area (Å²) in [6, 6.07) is 2.01. The van der Waals surface area contributed by atoms with E-state index >= 15 is 0 Å². The van der Waals surface area contributed by atoms with Crippen molar-refractivity contribution in [3.8, 4) is 0 Å². The highest BCUT2D eigenvalue weighted by atomic mass is 32.1. The van der Waals surface area contributed by atoms with E-state index in [-0.39, 0.29) is 12.5 Å². The van der Waals surface area contributed by atoms with Crippen LogP contribution in [0.5, 0.6) is 0 Å². The number of thiophene rings is 1. The van der Waals surface area contributed by atoms with Crippen molar-refractivity contribution in [2.45, 2.75) is 12.6 Å². The van der Waals surface area contributed by atoms with Crippen LogP contribution in [-0.2, 0) is 16.1 Å². The molecule has 6 heteroatoms. The molecule has 0 fully saturated rings. The van der Waals surface area contributed by atoms with Crippen LogP contribution in [0.3, 0.4) is 0 Å². The Kier molecular flexibility index (Phi) is 7.01. The Labute approximate surface area is 118 Å². The maximum atomic E-state index is 12.0. The van der Waals surface area contributed by atoms with Crippen LogP contribution in [0.15, 0.2) is 16.8 Å². The number of rotatable bonds is 8. The molecule has 0 saturated carbocycles. The molecule has 1 atom stereocenters. The van der Waals surface area contributed by atoms with Crippen molar-refractivity contribution in [1.29, 1.82) is 0 Å². The Morgan fingerprint density at radius 2 is 2.26 bits per heavy atom. The molecular formula is C13H22N2O3S. The highest BCUT2D eigenvalue weighted by molar-refractivity contribution is 7.07. The first-order valence-electron chi connectivity index (χ1n) is 6.13. The van der Waals surface area contributed by atoms with E-state index in [0.29, 0.717) is 19.6 Å². The predicted octanol–water partition coefficient (Wildman–Crippen LogP) is 0.646. The van der Waals surface area contributed by atoms with Crippen molar-refractivity contribution < 1.29 is 14.6 Å². The highest BCUT2D eigenvalue weighted by Gasteiger charge is 2.14. The molecule has 1 rings (SSSR count). The molecule has 19 heavy (non-hydrogen) atoms. The zero-order chi connectivity index (χ0) is 14.3. The van der Waals surface area contributed by atoms with Crippen molar-refractivity contribution in [2.24, 2.45) is 0 Å². The standard InChI is InChI=1S/C13H22N2O3S/c1-14(7-12(16)9-18-3)8-13(17)15(2)6-11-4-5-19-10-11/h4-5,10,12,16H,6-9H2,1-3H3. The van der Waals surface area contributed by atoms with Crippen molar-refractivity contribution >= 4 is 17.2 Å². The SMILES string of the molecule is COCC(O)CN(C)CC(=O)N(C)Cc1ccsc1. The van der Waals surface area contributed by atoms with Gasteiger partial charge in [-0.15, -0.1) is 0 Å². The lowest BCUT2D eigenvalue weighted by atomic mass is 10.3. The van der Waals surface area contributed by atoms with Crippen molar-refractivity contribution in [3.05, 3.63) is 22.4 Å². The molecule has 0 saturated heterocycles. The molecule has 1 unspecified atom stereocenters. The highest BCUT2D eigenvalue weighted by Crippen LogP contribution is 2.08. The van der Waals surface area contributed by atoms with Gasteiger partial charge in [-0.2, -0.15) is 11.3 Å². The van der Waals surface area contributed by atoms with Crippen LogP contribution < -0.4 is 0 Å². The van der Waals surface area contributed by atoms with Gasteiger partial charge in [0.1, 0.15) is 0 Å². The minimum Gasteiger partial charge on any atom is -0.389 e. The quantitative estimate of drug-likeness (QED) is 0.762. The lowest BCUT2D eigenvalue weighted by molar-refractivity contribution is -0.131. The van der Waals surface area contributed by atoms with Gasteiger partial charge in [-0.25, -0.2) is 0 Å². The first-order valence-corrected chi connectivity index (χ1v) is 7.07. The number of methoxy groups -OCH3 is 1. The Morgan fingerprint density at radius 3 is 2.84 bits per heavy atom. The number of aliphatic hydroxyl groups excluding tert-OH is 1. The predicted molar refractivity (Wildman–Crippen MR) is 76.2 cm³/mol. The zero-order valence-corrected chi connectivity index (χ0v) is 12.5. The van der Waals surface area contributed by atoms with E-state index in [1.165, 1.54) is 0 Å². The van der Waals surface area contributed by atoms with Gasteiger partial charge in [-0.05, 0) is 29.4 Å². The second-order valence-corrected chi connectivity index (χ2v) is 5.47. The molecule has 5 nitrogen and oxygen atoms in total. The Bertz CT molecular complexity index is 370. The van der Waals surface area contributed by atoms with Gasteiger partial charge in [0.2, 0.25) is 5.91 Å². The fourth-order valence-electron chi connectivity index (χ4n) is 1.77. The molecule has 1 amide bonds. The van der Waals surface area contributed by atoms with Gasteiger partial charge in [0.15, 0.2) is 0 Å². The van der Waals surface area contributed by atoms with Crippen LogP contribution in [0.1, 0.15) is 5.56 Å². The smallest absolute Gasteiger partial charge is 0.236 e. The summed E-state index contributed by atoms with van der Waals surface area (Å²) in [6.07, 6.45) is -0.565. The zero-order valence-electron chi connectivity index (χ0n) is 11.7. The van der Waals surface area contributed by atoms with Crippen LogP contribution in [-0.4, -0.2) is 67.8 Å². The first kappa shape index (κ1) is 16.1. The van der Waals surface area contributed by atoms with E-state index in [0.717, 1.165) is 5.56 Å². The van der Waals surface area contributed by atoms with Crippen LogP contribution in [0, 0.1) is 0 Å². The number of carbonyl (C=O) groups is 1. The fraction of sp³-hybridized carbons (Fsp3) is 0.615. The van der Waals surface area contributed by atoms with Gasteiger partial charge in [0.05, 0.1) is 19.3 Å². The molecular weight excluding hydrogens is 264 g/mol. The van der Waals surface area contributed by atoms with Gasteiger partial charge < -0.3 is 14.7 Å². The van der Waals surface area contributed by atoms with Crippen molar-refractivity contribution in [2.75, 3.05) is 40.9 Å². The van der Waals surface area contributed by atoms with Gasteiger partial charge in [0, 0.05) is 27.2 Å². The number of hydrogen-bond donors (Lipinski definition) is 1. The first-order chi connectivity index (χ1) is 9.02. The van der Waals surface area contributed by atoms with E-state index in [2.05, 4.69) is 0 Å². The van der Waals surface area contributed by atoms with Crippen molar-refractivity contribution in [3.63, 3.8) is 0 Å². The molecule has 0 bridgehead atoms. The molecule has 108 valence electrons. The molecule has 0 radical (unpaired) electrons. The summed E-state index contributed by atoms with van der Waals surface area (Å²) in [5, 5.41) is 13.6. The maximum Gasteiger partial charge on any atom is 0.236 e. The third-order valence-electron chi connectivity index (χ3n) is 2.71. The average molecular weight is 286 g/mol. The largest absolute Gasteiger partial charge is 0.389 e. The van der Waals surface area contributed by atoms with Crippen LogP contribution in [0.4, 0.5) is 0 Å². The Balaban J connectivity index is 2.32. The summed E-state index contributed by atoms with van der Waals surface area (Å²) < 4.78 is 4.86. The normalized spacial score (nSPS) is 12.7. The Morgan fingerprint density at radius 1 is 1.53 bits per heavy atom. The van der Waals surface area contributed by atoms with Gasteiger partial charge >= 0.3 is 0 Å². The number of nitrogens with zero attached hydrogens (tertiary/aromatic N) is 2. The van der Waals surface area contributed by atoms with Gasteiger partial charge in [-0.3, -0.25) is 9.69 Å². The summed E-state index contributed by atoms with van der Waals surface area (Å²) in [5.74, 6) is 0.0401. The second kappa shape index (κ2) is 8.27. The molecule has 0 aromatic carbocycles. The lowest BCUT2D eigenvalue weighted by Crippen LogP contribution is -2.40. The fourth-order valence-corrected chi connectivity index (χ4v) is 2.43. The molecule has 1 N–H and O–H groups in total. The third kappa shape index (κ3) is 6.15. The van der Waals surface area contributed by atoms with Crippen LogP contribution >= 0.6 is 11.3 Å². The minimum atomic E-state index is -0.565. The summed E-state index contributed by atoms with van der Waals surface area (Å²) in [7, 11) is 5.15. The van der Waals surface area contributed by atoms with E-state index in [1.54, 1.807) is 35.3 Å². The van der Waals surface area contributed by atoms with Gasteiger partial charge in [-0.1, -0.05) is 0 Å². The number of carbonyl (C=O) groups excluding carboxylic acids is 1. The van der Waals surface area contributed by atoms with E-state index in [4.69, 9.17) is 4.74 Å². The molecule has 1 aromatic rings. The van der Waals surface area contributed by atoms with Crippen molar-refractivity contribution in [1.82, 2.24) is 9.80 Å². The molecule has 0 aliphatic rings. The topological polar surface area (TPSA) is 53.0 Å². The Hall–Kier alpha value is -0.950. The summed E-state index contributed by atoms with van der Waals surface area (Å²) in [6.45, 7) is 1.62.